The zero-order valence-corrected chi connectivity index (χ0v) is 16.5. The quantitative estimate of drug-likeness (QED) is 0.428. The van der Waals surface area contributed by atoms with E-state index in [0.29, 0.717) is 23.9 Å². The molecular weight excluding hydrogens is 423 g/mol. The number of halogens is 3. The first-order chi connectivity index (χ1) is 11.1. The number of nitrogens with zero attached hydrogens (tertiary/aromatic N) is 2. The summed E-state index contributed by atoms with van der Waals surface area (Å²) in [5, 5.41) is 3.33. The van der Waals surface area contributed by atoms with Gasteiger partial charge in [0.2, 0.25) is 0 Å². The SMILES string of the molecule is CCNC(=NCCc1cccc(F)c1F)N1CCC2(CCC2)C1.I. The molecule has 1 aromatic carbocycles. The summed E-state index contributed by atoms with van der Waals surface area (Å²) < 4.78 is 26.9. The highest BCUT2D eigenvalue weighted by atomic mass is 127. The maximum Gasteiger partial charge on any atom is 0.193 e. The molecule has 1 spiro atoms. The Bertz CT molecular complexity index is 588. The molecule has 2 fully saturated rings. The summed E-state index contributed by atoms with van der Waals surface area (Å²) in [5.74, 6) is -0.625. The maximum atomic E-state index is 13.7. The molecule has 0 bridgehead atoms. The van der Waals surface area contributed by atoms with Crippen molar-refractivity contribution in [2.45, 2.75) is 39.0 Å². The Balaban J connectivity index is 0.00000208. The van der Waals surface area contributed by atoms with E-state index < -0.39 is 11.6 Å². The lowest BCUT2D eigenvalue weighted by molar-refractivity contribution is 0.151. The molecule has 6 heteroatoms. The van der Waals surface area contributed by atoms with Gasteiger partial charge in [-0.05, 0) is 49.7 Å². The molecule has 134 valence electrons. The second-order valence-electron chi connectivity index (χ2n) is 6.72. The van der Waals surface area contributed by atoms with E-state index in [9.17, 15) is 8.78 Å². The average molecular weight is 449 g/mol. The smallest absolute Gasteiger partial charge is 0.193 e. The molecule has 3 nitrogen and oxygen atoms in total. The maximum absolute atomic E-state index is 13.7. The number of nitrogens with one attached hydrogen (secondary N) is 1. The average Bonchev–Trinajstić information content (AvgIpc) is 2.96. The first-order valence-electron chi connectivity index (χ1n) is 8.60. The molecule has 0 atom stereocenters. The van der Waals surface area contributed by atoms with Crippen molar-refractivity contribution in [1.29, 1.82) is 0 Å². The summed E-state index contributed by atoms with van der Waals surface area (Å²) in [5.41, 5.74) is 0.909. The molecule has 1 aromatic rings. The van der Waals surface area contributed by atoms with Gasteiger partial charge < -0.3 is 10.2 Å². The minimum Gasteiger partial charge on any atom is -0.357 e. The monoisotopic (exact) mass is 449 g/mol. The Hall–Kier alpha value is -0.920. The third-order valence-corrected chi connectivity index (χ3v) is 5.16. The molecule has 24 heavy (non-hydrogen) atoms. The topological polar surface area (TPSA) is 27.6 Å². The Morgan fingerprint density at radius 3 is 2.71 bits per heavy atom. The van der Waals surface area contributed by atoms with Crippen molar-refractivity contribution < 1.29 is 8.78 Å². The van der Waals surface area contributed by atoms with Crippen LogP contribution in [0.15, 0.2) is 23.2 Å². The number of rotatable bonds is 4. The van der Waals surface area contributed by atoms with Crippen molar-refractivity contribution in [3.8, 4) is 0 Å². The first kappa shape index (κ1) is 19.4. The number of guanidine groups is 1. The van der Waals surface area contributed by atoms with E-state index in [1.807, 2.05) is 0 Å². The number of aliphatic imine (C=N–C) groups is 1. The van der Waals surface area contributed by atoms with Crippen LogP contribution in [0.25, 0.3) is 0 Å². The van der Waals surface area contributed by atoms with Gasteiger partial charge in [0.05, 0.1) is 0 Å². The lowest BCUT2D eigenvalue weighted by Gasteiger charge is -2.38. The second-order valence-corrected chi connectivity index (χ2v) is 6.72. The fourth-order valence-electron chi connectivity index (χ4n) is 3.65. The highest BCUT2D eigenvalue weighted by molar-refractivity contribution is 14.0. The van der Waals surface area contributed by atoms with Gasteiger partial charge in [0.1, 0.15) is 0 Å². The molecule has 1 saturated carbocycles. The molecule has 0 unspecified atom stereocenters. The van der Waals surface area contributed by atoms with E-state index in [1.54, 1.807) is 12.1 Å². The van der Waals surface area contributed by atoms with Crippen LogP contribution in [-0.4, -0.2) is 37.0 Å². The van der Waals surface area contributed by atoms with Crippen LogP contribution < -0.4 is 5.32 Å². The van der Waals surface area contributed by atoms with Gasteiger partial charge in [-0.1, -0.05) is 18.6 Å². The molecular formula is C18H26F2IN3. The summed E-state index contributed by atoms with van der Waals surface area (Å²) in [4.78, 5) is 6.95. The summed E-state index contributed by atoms with van der Waals surface area (Å²) >= 11 is 0. The zero-order chi connectivity index (χ0) is 16.3. The van der Waals surface area contributed by atoms with E-state index in [0.717, 1.165) is 31.7 Å². The molecule has 1 heterocycles. The molecule has 0 radical (unpaired) electrons. The Labute approximate surface area is 159 Å². The Morgan fingerprint density at radius 2 is 2.08 bits per heavy atom. The van der Waals surface area contributed by atoms with E-state index in [1.165, 1.54) is 25.7 Å². The van der Waals surface area contributed by atoms with Crippen LogP contribution in [0.2, 0.25) is 0 Å². The van der Waals surface area contributed by atoms with Crippen molar-refractivity contribution in [3.05, 3.63) is 35.4 Å². The zero-order valence-electron chi connectivity index (χ0n) is 14.2. The lowest BCUT2D eigenvalue weighted by atomic mass is 9.68. The van der Waals surface area contributed by atoms with Gasteiger partial charge in [0.25, 0.3) is 0 Å². The number of hydrogen-bond acceptors (Lipinski definition) is 1. The second kappa shape index (κ2) is 8.45. The molecule has 3 rings (SSSR count). The minimum atomic E-state index is -0.787. The molecule has 1 aliphatic heterocycles. The van der Waals surface area contributed by atoms with E-state index in [2.05, 4.69) is 22.1 Å². The van der Waals surface area contributed by atoms with Crippen molar-refractivity contribution in [2.75, 3.05) is 26.2 Å². The first-order valence-corrected chi connectivity index (χ1v) is 8.60. The van der Waals surface area contributed by atoms with Crippen LogP contribution in [0, 0.1) is 17.0 Å². The standard InChI is InChI=1S/C18H25F2N3.HI/c1-2-21-17(23-12-10-18(13-23)8-4-9-18)22-11-7-14-5-3-6-15(19)16(14)20;/h3,5-6H,2,4,7-13H2,1H3,(H,21,22);1H. The van der Waals surface area contributed by atoms with Gasteiger partial charge in [-0.15, -0.1) is 24.0 Å². The lowest BCUT2D eigenvalue weighted by Crippen LogP contribution is -2.42. The van der Waals surface area contributed by atoms with Crippen molar-refractivity contribution >= 4 is 29.9 Å². The normalized spacial score (nSPS) is 19.1. The molecule has 1 aliphatic carbocycles. The van der Waals surface area contributed by atoms with Gasteiger partial charge in [0.15, 0.2) is 17.6 Å². The van der Waals surface area contributed by atoms with Crippen LogP contribution in [-0.2, 0) is 6.42 Å². The van der Waals surface area contributed by atoms with Gasteiger partial charge in [-0.3, -0.25) is 4.99 Å². The van der Waals surface area contributed by atoms with E-state index in [4.69, 9.17) is 0 Å². The van der Waals surface area contributed by atoms with Crippen LogP contribution in [0.1, 0.15) is 38.2 Å². The highest BCUT2D eigenvalue weighted by Crippen LogP contribution is 2.47. The van der Waals surface area contributed by atoms with Gasteiger partial charge in [-0.25, -0.2) is 8.78 Å². The Morgan fingerprint density at radius 1 is 1.29 bits per heavy atom. The summed E-state index contributed by atoms with van der Waals surface area (Å²) in [6, 6.07) is 4.32. The summed E-state index contributed by atoms with van der Waals surface area (Å²) in [7, 11) is 0. The van der Waals surface area contributed by atoms with Crippen LogP contribution >= 0.6 is 24.0 Å². The van der Waals surface area contributed by atoms with E-state index in [-0.39, 0.29) is 24.0 Å². The molecule has 2 aliphatic rings. The van der Waals surface area contributed by atoms with Gasteiger partial charge in [0, 0.05) is 26.2 Å². The summed E-state index contributed by atoms with van der Waals surface area (Å²) in [6.45, 7) is 5.45. The predicted molar refractivity (Wildman–Crippen MR) is 104 cm³/mol. The Kier molecular flexibility index (Phi) is 6.83. The van der Waals surface area contributed by atoms with Crippen molar-refractivity contribution in [3.63, 3.8) is 0 Å². The molecule has 0 aromatic heterocycles. The minimum absolute atomic E-state index is 0. The van der Waals surface area contributed by atoms with Crippen LogP contribution in [0.4, 0.5) is 8.78 Å². The third-order valence-electron chi connectivity index (χ3n) is 5.16. The molecule has 0 amide bonds. The fourth-order valence-corrected chi connectivity index (χ4v) is 3.65. The fraction of sp³-hybridized carbons (Fsp3) is 0.611. The van der Waals surface area contributed by atoms with Crippen molar-refractivity contribution in [2.24, 2.45) is 10.4 Å². The van der Waals surface area contributed by atoms with Crippen LogP contribution in [0.5, 0.6) is 0 Å². The van der Waals surface area contributed by atoms with E-state index >= 15 is 0 Å². The molecule has 1 N–H and O–H groups in total. The highest BCUT2D eigenvalue weighted by Gasteiger charge is 2.43. The predicted octanol–water partition coefficient (Wildman–Crippen LogP) is 3.97. The summed E-state index contributed by atoms with van der Waals surface area (Å²) in [6.07, 6.45) is 5.67. The number of hydrogen-bond donors (Lipinski definition) is 1. The van der Waals surface area contributed by atoms with Crippen molar-refractivity contribution in [1.82, 2.24) is 10.2 Å². The number of likely N-dealkylation sites (tertiary alicyclic amines) is 1. The third kappa shape index (κ3) is 4.18. The van der Waals surface area contributed by atoms with Crippen LogP contribution in [0.3, 0.4) is 0 Å². The molecule has 1 saturated heterocycles. The van der Waals surface area contributed by atoms with Gasteiger partial charge in [-0.2, -0.15) is 0 Å². The van der Waals surface area contributed by atoms with Gasteiger partial charge >= 0.3 is 0 Å². The number of benzene rings is 1. The largest absolute Gasteiger partial charge is 0.357 e.